The number of allylic oxidation sites excluding steroid dienone is 2. The number of ether oxygens (including phenoxy) is 7. The maximum Gasteiger partial charge on any atom is 0.180 e. The fourth-order valence-corrected chi connectivity index (χ4v) is 3.63. The molecule has 0 rings (SSSR count). The molecule has 0 fully saturated rings. The Morgan fingerprint density at radius 2 is 0.756 bits per heavy atom. The SMILES string of the molecule is CCCCOC(CCC=CC(OCCC)OC(C=CCCC(OCCCC)OCCCC)OCCC)OCCCC. The fourth-order valence-electron chi connectivity index (χ4n) is 3.63. The van der Waals surface area contributed by atoms with Crippen molar-refractivity contribution < 1.29 is 33.2 Å². The minimum absolute atomic E-state index is 0.169. The van der Waals surface area contributed by atoms with Gasteiger partial charge in [0.2, 0.25) is 0 Å². The van der Waals surface area contributed by atoms with E-state index in [9.17, 15) is 0 Å². The van der Waals surface area contributed by atoms with E-state index in [2.05, 4.69) is 53.7 Å². The highest BCUT2D eigenvalue weighted by Crippen LogP contribution is 2.13. The number of unbranched alkanes of at least 4 members (excludes halogenated alkanes) is 4. The second kappa shape index (κ2) is 32.1. The molecule has 0 aromatic heterocycles. The lowest BCUT2D eigenvalue weighted by Gasteiger charge is -2.22. The van der Waals surface area contributed by atoms with Crippen molar-refractivity contribution in [2.75, 3.05) is 39.6 Å². The second-order valence-corrected chi connectivity index (χ2v) is 10.4. The van der Waals surface area contributed by atoms with E-state index in [1.165, 1.54) is 0 Å². The highest BCUT2D eigenvalue weighted by atomic mass is 16.8. The predicted molar refractivity (Wildman–Crippen MR) is 169 cm³/mol. The first-order chi connectivity index (χ1) is 20.1. The summed E-state index contributed by atoms with van der Waals surface area (Å²) in [6.07, 6.45) is 20.6. The van der Waals surface area contributed by atoms with Crippen molar-refractivity contribution in [3.8, 4) is 0 Å². The third-order valence-corrected chi connectivity index (χ3v) is 6.17. The van der Waals surface area contributed by atoms with E-state index >= 15 is 0 Å². The van der Waals surface area contributed by atoms with Crippen LogP contribution in [0.3, 0.4) is 0 Å². The maximum absolute atomic E-state index is 6.24. The zero-order valence-electron chi connectivity index (χ0n) is 27.6. The minimum Gasteiger partial charge on any atom is -0.353 e. The fraction of sp³-hybridized carbons (Fsp3) is 0.882. The first-order valence-corrected chi connectivity index (χ1v) is 16.8. The molecule has 0 N–H and O–H groups in total. The molecule has 0 aromatic carbocycles. The highest BCUT2D eigenvalue weighted by molar-refractivity contribution is 4.90. The van der Waals surface area contributed by atoms with E-state index in [4.69, 9.17) is 33.2 Å². The van der Waals surface area contributed by atoms with Crippen LogP contribution in [0.2, 0.25) is 0 Å². The molecule has 7 nitrogen and oxygen atoms in total. The maximum atomic E-state index is 6.24. The summed E-state index contributed by atoms with van der Waals surface area (Å²) < 4.78 is 42.1. The summed E-state index contributed by atoms with van der Waals surface area (Å²) in [6, 6.07) is 0. The topological polar surface area (TPSA) is 64.6 Å². The van der Waals surface area contributed by atoms with Crippen molar-refractivity contribution in [2.24, 2.45) is 0 Å². The lowest BCUT2D eigenvalue weighted by atomic mass is 10.2. The van der Waals surface area contributed by atoms with Crippen LogP contribution >= 0.6 is 0 Å². The normalized spacial score (nSPS) is 13.9. The van der Waals surface area contributed by atoms with Crippen molar-refractivity contribution in [3.63, 3.8) is 0 Å². The van der Waals surface area contributed by atoms with Crippen LogP contribution in [0.25, 0.3) is 0 Å². The summed E-state index contributed by atoms with van der Waals surface area (Å²) in [6.45, 7) is 17.1. The standard InChI is InChI=1S/C34H66O7/c1-7-13-27-37-31(38-28-14-8-2)21-17-19-23-33(35-25-11-5)41-34(36-26-12-6)24-20-18-22-32(39-29-15-9-3)40-30-16-10-4/h19-20,23-24,31-34H,7-18,21-22,25-30H2,1-6H3. The Bertz CT molecular complexity index is 501. The van der Waals surface area contributed by atoms with Gasteiger partial charge >= 0.3 is 0 Å². The minimum atomic E-state index is -0.482. The molecule has 0 spiro atoms. The van der Waals surface area contributed by atoms with Gasteiger partial charge in [-0.1, -0.05) is 79.4 Å². The third-order valence-electron chi connectivity index (χ3n) is 6.17. The Balaban J connectivity index is 5.01. The van der Waals surface area contributed by atoms with Crippen molar-refractivity contribution in [2.45, 2.75) is 157 Å². The molecule has 0 radical (unpaired) electrons. The summed E-state index contributed by atoms with van der Waals surface area (Å²) in [5.41, 5.74) is 0. The van der Waals surface area contributed by atoms with Crippen molar-refractivity contribution in [1.82, 2.24) is 0 Å². The van der Waals surface area contributed by atoms with Gasteiger partial charge in [-0.15, -0.1) is 0 Å². The number of hydrogen-bond acceptors (Lipinski definition) is 7. The molecule has 244 valence electrons. The van der Waals surface area contributed by atoms with E-state index in [1.807, 2.05) is 12.2 Å². The van der Waals surface area contributed by atoms with Crippen LogP contribution in [0.4, 0.5) is 0 Å². The summed E-state index contributed by atoms with van der Waals surface area (Å²) in [4.78, 5) is 0. The summed E-state index contributed by atoms with van der Waals surface area (Å²) >= 11 is 0. The van der Waals surface area contributed by atoms with Gasteiger partial charge in [0, 0.05) is 52.5 Å². The molecule has 7 heteroatoms. The monoisotopic (exact) mass is 586 g/mol. The van der Waals surface area contributed by atoms with Gasteiger partial charge in [-0.25, -0.2) is 0 Å². The van der Waals surface area contributed by atoms with Crippen LogP contribution in [-0.4, -0.2) is 64.8 Å². The molecule has 0 saturated heterocycles. The molecule has 2 unspecified atom stereocenters. The first-order valence-electron chi connectivity index (χ1n) is 16.8. The van der Waals surface area contributed by atoms with Gasteiger partial charge in [0.1, 0.15) is 0 Å². The summed E-state index contributed by atoms with van der Waals surface area (Å²) in [7, 11) is 0. The second-order valence-electron chi connectivity index (χ2n) is 10.4. The van der Waals surface area contributed by atoms with Gasteiger partial charge in [0.05, 0.1) is 0 Å². The van der Waals surface area contributed by atoms with Gasteiger partial charge in [-0.2, -0.15) is 0 Å². The quantitative estimate of drug-likeness (QED) is 0.0442. The molecule has 0 aliphatic heterocycles. The Labute approximate surface area is 253 Å². The summed E-state index contributed by atoms with van der Waals surface area (Å²) in [5, 5.41) is 0. The van der Waals surface area contributed by atoms with E-state index in [-0.39, 0.29) is 12.6 Å². The Hall–Kier alpha value is -0.800. The molecule has 0 heterocycles. The molecule has 0 bridgehead atoms. The van der Waals surface area contributed by atoms with E-state index in [0.717, 1.165) is 116 Å². The van der Waals surface area contributed by atoms with Crippen LogP contribution in [-0.2, 0) is 33.2 Å². The molecule has 0 aliphatic rings. The molecule has 41 heavy (non-hydrogen) atoms. The van der Waals surface area contributed by atoms with Crippen molar-refractivity contribution in [3.05, 3.63) is 24.3 Å². The predicted octanol–water partition coefficient (Wildman–Crippen LogP) is 9.10. The van der Waals surface area contributed by atoms with E-state index in [0.29, 0.717) is 13.2 Å². The largest absolute Gasteiger partial charge is 0.353 e. The van der Waals surface area contributed by atoms with Gasteiger partial charge in [-0.3, -0.25) is 0 Å². The first kappa shape index (κ1) is 40.2. The van der Waals surface area contributed by atoms with Crippen LogP contribution in [0, 0.1) is 0 Å². The summed E-state index contributed by atoms with van der Waals surface area (Å²) in [5.74, 6) is 0. The zero-order chi connectivity index (χ0) is 30.2. The molecule has 2 atom stereocenters. The molecule has 0 amide bonds. The Morgan fingerprint density at radius 1 is 0.415 bits per heavy atom. The van der Waals surface area contributed by atoms with Crippen LogP contribution < -0.4 is 0 Å². The lowest BCUT2D eigenvalue weighted by Crippen LogP contribution is -2.25. The van der Waals surface area contributed by atoms with Crippen LogP contribution in [0.1, 0.15) is 131 Å². The van der Waals surface area contributed by atoms with E-state index < -0.39 is 12.6 Å². The zero-order valence-corrected chi connectivity index (χ0v) is 27.6. The van der Waals surface area contributed by atoms with Crippen molar-refractivity contribution in [1.29, 1.82) is 0 Å². The highest BCUT2D eigenvalue weighted by Gasteiger charge is 2.14. The van der Waals surface area contributed by atoms with Crippen LogP contribution in [0.5, 0.6) is 0 Å². The smallest absolute Gasteiger partial charge is 0.180 e. The third kappa shape index (κ3) is 26.6. The van der Waals surface area contributed by atoms with Gasteiger partial charge in [0.25, 0.3) is 0 Å². The average molecular weight is 587 g/mol. The molecular weight excluding hydrogens is 520 g/mol. The molecule has 0 aliphatic carbocycles. The van der Waals surface area contributed by atoms with E-state index in [1.54, 1.807) is 0 Å². The van der Waals surface area contributed by atoms with Gasteiger partial charge < -0.3 is 33.2 Å². The van der Waals surface area contributed by atoms with Crippen molar-refractivity contribution >= 4 is 0 Å². The van der Waals surface area contributed by atoms with Gasteiger partial charge in [-0.05, 0) is 63.5 Å². The molecular formula is C34H66O7. The van der Waals surface area contributed by atoms with Crippen LogP contribution in [0.15, 0.2) is 24.3 Å². The van der Waals surface area contributed by atoms with Gasteiger partial charge in [0.15, 0.2) is 25.2 Å². The average Bonchev–Trinajstić information content (AvgIpc) is 2.98. The molecule has 0 saturated carbocycles. The number of hydrogen-bond donors (Lipinski definition) is 0. The Kier molecular flexibility index (Phi) is 31.5. The lowest BCUT2D eigenvalue weighted by molar-refractivity contribution is -0.207. The Morgan fingerprint density at radius 3 is 1.05 bits per heavy atom. The molecule has 0 aromatic rings. The number of rotatable bonds is 32.